The molecule has 0 radical (unpaired) electrons. The summed E-state index contributed by atoms with van der Waals surface area (Å²) in [6.07, 6.45) is 6.91. The Morgan fingerprint density at radius 2 is 1.96 bits per heavy atom. The maximum Gasteiger partial charge on any atom is 0.256 e. The minimum absolute atomic E-state index is 0.0740. The summed E-state index contributed by atoms with van der Waals surface area (Å²) in [5.74, 6) is 1.38. The topological polar surface area (TPSA) is 92.6 Å². The van der Waals surface area contributed by atoms with Crippen LogP contribution in [0.3, 0.4) is 0 Å². The van der Waals surface area contributed by atoms with Crippen molar-refractivity contribution < 1.29 is 0 Å². The Balaban J connectivity index is 1.46. The van der Waals surface area contributed by atoms with Gasteiger partial charge in [-0.3, -0.25) is 9.36 Å². The number of piperidine rings is 1. The smallest absolute Gasteiger partial charge is 0.256 e. The summed E-state index contributed by atoms with van der Waals surface area (Å²) in [6, 6.07) is 0. The van der Waals surface area contributed by atoms with Gasteiger partial charge in [-0.2, -0.15) is 0 Å². The molecule has 4 heterocycles. The standard InChI is InChI=1S/C17H21N7O/c1-11-12(2)22-10-24(17(11)25)7-13-3-5-23(6-4-13)16-14-15(19-8-18-14)20-9-21-16/h8-10,13H,3-7H2,1-2H3,(H,18,19,20,21). The van der Waals surface area contributed by atoms with E-state index < -0.39 is 0 Å². The van der Waals surface area contributed by atoms with E-state index in [0.717, 1.165) is 55.1 Å². The lowest BCUT2D eigenvalue weighted by molar-refractivity contribution is 0.349. The molecular formula is C17H21N7O. The summed E-state index contributed by atoms with van der Waals surface area (Å²) in [6.45, 7) is 6.25. The highest BCUT2D eigenvalue weighted by Crippen LogP contribution is 2.26. The second kappa shape index (κ2) is 6.27. The Bertz CT molecular complexity index is 953. The molecule has 1 aliphatic rings. The molecule has 130 valence electrons. The van der Waals surface area contributed by atoms with Crippen LogP contribution in [0.25, 0.3) is 11.2 Å². The Morgan fingerprint density at radius 3 is 2.76 bits per heavy atom. The van der Waals surface area contributed by atoms with E-state index in [2.05, 4.69) is 29.8 Å². The van der Waals surface area contributed by atoms with Gasteiger partial charge in [0.05, 0.1) is 12.7 Å². The number of nitrogens with one attached hydrogen (secondary N) is 1. The first-order valence-corrected chi connectivity index (χ1v) is 8.55. The largest absolute Gasteiger partial charge is 0.355 e. The van der Waals surface area contributed by atoms with Gasteiger partial charge in [-0.05, 0) is 32.6 Å². The van der Waals surface area contributed by atoms with E-state index in [9.17, 15) is 4.79 Å². The SMILES string of the molecule is Cc1ncn(CC2CCN(c3ncnc4nc[nH]c34)CC2)c(=O)c1C. The highest BCUT2D eigenvalue weighted by Gasteiger charge is 2.23. The van der Waals surface area contributed by atoms with Gasteiger partial charge >= 0.3 is 0 Å². The highest BCUT2D eigenvalue weighted by atomic mass is 16.1. The molecule has 0 saturated carbocycles. The van der Waals surface area contributed by atoms with Gasteiger partial charge in [-0.1, -0.05) is 0 Å². The van der Waals surface area contributed by atoms with Gasteiger partial charge in [0.15, 0.2) is 11.5 Å². The van der Waals surface area contributed by atoms with Gasteiger partial charge < -0.3 is 9.88 Å². The van der Waals surface area contributed by atoms with E-state index in [1.165, 1.54) is 0 Å². The van der Waals surface area contributed by atoms with Crippen molar-refractivity contribution in [3.63, 3.8) is 0 Å². The zero-order valence-electron chi connectivity index (χ0n) is 14.4. The second-order valence-electron chi connectivity index (χ2n) is 6.64. The second-order valence-corrected chi connectivity index (χ2v) is 6.64. The van der Waals surface area contributed by atoms with Crippen molar-refractivity contribution in [3.8, 4) is 0 Å². The van der Waals surface area contributed by atoms with E-state index in [-0.39, 0.29) is 5.56 Å². The molecule has 8 heteroatoms. The van der Waals surface area contributed by atoms with Crippen molar-refractivity contribution in [3.05, 3.63) is 40.6 Å². The van der Waals surface area contributed by atoms with Crippen molar-refractivity contribution >= 4 is 17.0 Å². The first kappa shape index (κ1) is 15.7. The van der Waals surface area contributed by atoms with Crippen molar-refractivity contribution in [1.29, 1.82) is 0 Å². The molecule has 0 aliphatic carbocycles. The molecule has 8 nitrogen and oxygen atoms in total. The minimum atomic E-state index is 0.0740. The highest BCUT2D eigenvalue weighted by molar-refractivity contribution is 5.82. The fourth-order valence-electron chi connectivity index (χ4n) is 3.40. The Kier molecular flexibility index (Phi) is 3.95. The van der Waals surface area contributed by atoms with Crippen LogP contribution in [0.2, 0.25) is 0 Å². The molecule has 0 unspecified atom stereocenters. The van der Waals surface area contributed by atoms with Crippen LogP contribution >= 0.6 is 0 Å². The molecule has 0 bridgehead atoms. The van der Waals surface area contributed by atoms with Crippen LogP contribution in [0, 0.1) is 19.8 Å². The number of fused-ring (bicyclic) bond motifs is 1. The maximum atomic E-state index is 12.4. The van der Waals surface area contributed by atoms with E-state index in [0.29, 0.717) is 11.6 Å². The molecule has 0 spiro atoms. The van der Waals surface area contributed by atoms with Crippen molar-refractivity contribution in [2.45, 2.75) is 33.2 Å². The number of anilines is 1. The number of rotatable bonds is 3. The van der Waals surface area contributed by atoms with Gasteiger partial charge in [0, 0.05) is 30.9 Å². The fraction of sp³-hybridized carbons (Fsp3) is 0.471. The van der Waals surface area contributed by atoms with Crippen LogP contribution in [0.5, 0.6) is 0 Å². The van der Waals surface area contributed by atoms with Crippen LogP contribution < -0.4 is 10.5 Å². The summed E-state index contributed by atoms with van der Waals surface area (Å²) in [7, 11) is 0. The molecule has 1 saturated heterocycles. The zero-order chi connectivity index (χ0) is 17.4. The molecule has 0 aromatic carbocycles. The number of aromatic amines is 1. The molecule has 1 aliphatic heterocycles. The molecule has 0 amide bonds. The van der Waals surface area contributed by atoms with E-state index in [1.54, 1.807) is 23.5 Å². The normalized spacial score (nSPS) is 15.8. The van der Waals surface area contributed by atoms with Gasteiger partial charge in [0.25, 0.3) is 5.56 Å². The maximum absolute atomic E-state index is 12.4. The Labute approximate surface area is 145 Å². The predicted octanol–water partition coefficient (Wildman–Crippen LogP) is 1.44. The average Bonchev–Trinajstić information content (AvgIpc) is 3.12. The van der Waals surface area contributed by atoms with Gasteiger partial charge in [-0.25, -0.2) is 19.9 Å². The number of H-pyrrole nitrogens is 1. The van der Waals surface area contributed by atoms with Gasteiger partial charge in [0.2, 0.25) is 0 Å². The summed E-state index contributed by atoms with van der Waals surface area (Å²) in [4.78, 5) is 34.8. The van der Waals surface area contributed by atoms with Crippen molar-refractivity contribution in [1.82, 2.24) is 29.5 Å². The molecule has 0 atom stereocenters. The van der Waals surface area contributed by atoms with Crippen molar-refractivity contribution in [2.24, 2.45) is 5.92 Å². The molecule has 1 N–H and O–H groups in total. The predicted molar refractivity (Wildman–Crippen MR) is 94.6 cm³/mol. The van der Waals surface area contributed by atoms with E-state index >= 15 is 0 Å². The number of aryl methyl sites for hydroxylation is 1. The molecule has 25 heavy (non-hydrogen) atoms. The van der Waals surface area contributed by atoms with Crippen LogP contribution in [0.15, 0.2) is 23.8 Å². The third-order valence-corrected chi connectivity index (χ3v) is 5.09. The lowest BCUT2D eigenvalue weighted by atomic mass is 9.96. The van der Waals surface area contributed by atoms with Crippen LogP contribution in [0.4, 0.5) is 5.82 Å². The fourth-order valence-corrected chi connectivity index (χ4v) is 3.40. The third-order valence-electron chi connectivity index (χ3n) is 5.09. The number of aromatic nitrogens is 6. The average molecular weight is 339 g/mol. The summed E-state index contributed by atoms with van der Waals surface area (Å²) >= 11 is 0. The summed E-state index contributed by atoms with van der Waals surface area (Å²) < 4.78 is 1.75. The quantitative estimate of drug-likeness (QED) is 0.776. The summed E-state index contributed by atoms with van der Waals surface area (Å²) in [5, 5.41) is 0. The zero-order valence-corrected chi connectivity index (χ0v) is 14.4. The molecule has 3 aromatic rings. The number of imidazole rings is 1. The van der Waals surface area contributed by atoms with E-state index in [1.807, 2.05) is 13.8 Å². The lowest BCUT2D eigenvalue weighted by Gasteiger charge is -2.33. The van der Waals surface area contributed by atoms with Gasteiger partial charge in [-0.15, -0.1) is 0 Å². The lowest BCUT2D eigenvalue weighted by Crippen LogP contribution is -2.37. The van der Waals surface area contributed by atoms with E-state index in [4.69, 9.17) is 0 Å². The molecule has 3 aromatic heterocycles. The van der Waals surface area contributed by atoms with Crippen LogP contribution in [-0.2, 0) is 6.54 Å². The first-order valence-electron chi connectivity index (χ1n) is 8.55. The summed E-state index contributed by atoms with van der Waals surface area (Å²) in [5.41, 5.74) is 3.20. The molecular weight excluding hydrogens is 318 g/mol. The monoisotopic (exact) mass is 339 g/mol. The minimum Gasteiger partial charge on any atom is -0.355 e. The Hall–Kier alpha value is -2.77. The Morgan fingerprint density at radius 1 is 1.16 bits per heavy atom. The number of nitrogens with zero attached hydrogens (tertiary/aromatic N) is 6. The number of hydrogen-bond donors (Lipinski definition) is 1. The molecule has 1 fully saturated rings. The van der Waals surface area contributed by atoms with Crippen molar-refractivity contribution in [2.75, 3.05) is 18.0 Å². The molecule has 4 rings (SSSR count). The van der Waals surface area contributed by atoms with Crippen LogP contribution in [0.1, 0.15) is 24.1 Å². The first-order chi connectivity index (χ1) is 12.1. The third kappa shape index (κ3) is 2.88. The van der Waals surface area contributed by atoms with Crippen LogP contribution in [-0.4, -0.2) is 42.6 Å². The van der Waals surface area contributed by atoms with Gasteiger partial charge in [0.1, 0.15) is 11.8 Å². The number of hydrogen-bond acceptors (Lipinski definition) is 6.